The first kappa shape index (κ1) is 23.7. The second-order valence-electron chi connectivity index (χ2n) is 8.50. The molecule has 1 heterocycles. The van der Waals surface area contributed by atoms with Crippen LogP contribution in [0.25, 0.3) is 11.1 Å². The molecule has 3 N–H and O–H groups in total. The summed E-state index contributed by atoms with van der Waals surface area (Å²) in [5, 5.41) is 14.3. The molecule has 2 aromatic rings. The van der Waals surface area contributed by atoms with Gasteiger partial charge in [0, 0.05) is 32.6 Å². The van der Waals surface area contributed by atoms with E-state index in [0.717, 1.165) is 22.3 Å². The quantitative estimate of drug-likeness (QED) is 0.516. The van der Waals surface area contributed by atoms with Crippen LogP contribution in [0.5, 0.6) is 0 Å². The summed E-state index contributed by atoms with van der Waals surface area (Å²) in [5.41, 5.74) is 3.15. The number of methoxy groups -OCH3 is 1. The summed E-state index contributed by atoms with van der Waals surface area (Å²) >= 11 is 0. The number of alkyl carbamates (subject to hydrolysis) is 1. The van der Waals surface area contributed by atoms with E-state index in [2.05, 4.69) is 22.8 Å². The first-order valence-corrected chi connectivity index (χ1v) is 11.2. The molecule has 0 spiro atoms. The van der Waals surface area contributed by atoms with Gasteiger partial charge in [-0.25, -0.2) is 4.79 Å². The first-order chi connectivity index (χ1) is 16.4. The highest BCUT2D eigenvalue weighted by Gasteiger charge is 2.44. The summed E-state index contributed by atoms with van der Waals surface area (Å²) in [6, 6.07) is 16.1. The topological polar surface area (TPSA) is 123 Å². The minimum Gasteiger partial charge on any atom is -0.481 e. The van der Waals surface area contributed by atoms with E-state index >= 15 is 0 Å². The Hall–Kier alpha value is -3.43. The van der Waals surface area contributed by atoms with Crippen LogP contribution < -0.4 is 10.6 Å². The number of carbonyl (C=O) groups is 3. The van der Waals surface area contributed by atoms with Gasteiger partial charge in [0.1, 0.15) is 12.1 Å². The lowest BCUT2D eigenvalue weighted by molar-refractivity contribution is -0.140. The van der Waals surface area contributed by atoms with Crippen LogP contribution in [0, 0.1) is 0 Å². The third-order valence-electron chi connectivity index (χ3n) is 6.37. The predicted molar refractivity (Wildman–Crippen MR) is 122 cm³/mol. The maximum absolute atomic E-state index is 12.9. The average molecular weight is 469 g/mol. The number of aliphatic carboxylic acids is 1. The molecule has 2 aromatic carbocycles. The number of fused-ring (bicyclic) bond motifs is 3. The van der Waals surface area contributed by atoms with Crippen molar-refractivity contribution in [3.8, 4) is 11.1 Å². The lowest BCUT2D eigenvalue weighted by atomic mass is 9.97. The molecule has 2 unspecified atom stereocenters. The number of carboxylic acids is 1. The number of rotatable bonds is 9. The van der Waals surface area contributed by atoms with Crippen LogP contribution in [0.2, 0.25) is 0 Å². The summed E-state index contributed by atoms with van der Waals surface area (Å²) in [4.78, 5) is 36.6. The molecule has 2 atom stereocenters. The van der Waals surface area contributed by atoms with Crippen molar-refractivity contribution in [2.75, 3.05) is 33.5 Å². The van der Waals surface area contributed by atoms with Gasteiger partial charge in [-0.05, 0) is 22.3 Å². The van der Waals surface area contributed by atoms with Crippen LogP contribution >= 0.6 is 0 Å². The summed E-state index contributed by atoms with van der Waals surface area (Å²) < 4.78 is 16.1. The molecule has 180 valence electrons. The van der Waals surface area contributed by atoms with Gasteiger partial charge < -0.3 is 30.0 Å². The summed E-state index contributed by atoms with van der Waals surface area (Å²) in [7, 11) is 1.38. The minimum absolute atomic E-state index is 0.000389. The second kappa shape index (κ2) is 10.2. The molecule has 34 heavy (non-hydrogen) atoms. The van der Waals surface area contributed by atoms with E-state index in [1.807, 2.05) is 36.4 Å². The van der Waals surface area contributed by atoms with E-state index in [4.69, 9.17) is 19.3 Å². The van der Waals surface area contributed by atoms with E-state index in [9.17, 15) is 14.4 Å². The number of hydrogen-bond donors (Lipinski definition) is 3. The highest BCUT2D eigenvalue weighted by atomic mass is 16.6. The zero-order valence-electron chi connectivity index (χ0n) is 18.9. The number of carbonyl (C=O) groups excluding carboxylic acids is 2. The molecule has 0 aromatic heterocycles. The Kier molecular flexibility index (Phi) is 7.14. The van der Waals surface area contributed by atoms with E-state index < -0.39 is 29.6 Å². The predicted octanol–water partition coefficient (Wildman–Crippen LogP) is 2.29. The van der Waals surface area contributed by atoms with Crippen LogP contribution in [0.1, 0.15) is 29.9 Å². The highest BCUT2D eigenvalue weighted by molar-refractivity contribution is 5.90. The number of ether oxygens (including phenoxy) is 3. The Bertz CT molecular complexity index is 1020. The molecule has 1 saturated heterocycles. The van der Waals surface area contributed by atoms with Crippen molar-refractivity contribution in [2.24, 2.45) is 0 Å². The van der Waals surface area contributed by atoms with Crippen LogP contribution in [-0.2, 0) is 23.8 Å². The molecule has 0 radical (unpaired) electrons. The molecule has 2 aliphatic rings. The molecule has 4 rings (SSSR count). The number of hydrogen-bond acceptors (Lipinski definition) is 6. The SMILES string of the molecule is COC(CNC(=O)C1(NC(=O)OCC2c3ccccc3-c3ccccc32)CCOC1)CC(=O)O. The lowest BCUT2D eigenvalue weighted by Crippen LogP contribution is -2.60. The third kappa shape index (κ3) is 4.90. The van der Waals surface area contributed by atoms with Crippen molar-refractivity contribution in [3.63, 3.8) is 0 Å². The molecular formula is C25H28N2O7. The fourth-order valence-corrected chi connectivity index (χ4v) is 4.54. The fraction of sp³-hybridized carbons (Fsp3) is 0.400. The Balaban J connectivity index is 1.39. The molecule has 0 saturated carbocycles. The molecule has 1 aliphatic heterocycles. The molecule has 1 fully saturated rings. The van der Waals surface area contributed by atoms with Gasteiger partial charge in [-0.2, -0.15) is 0 Å². The summed E-state index contributed by atoms with van der Waals surface area (Å²) in [5.74, 6) is -1.59. The van der Waals surface area contributed by atoms with Gasteiger partial charge in [-0.15, -0.1) is 0 Å². The van der Waals surface area contributed by atoms with E-state index in [0.29, 0.717) is 6.61 Å². The van der Waals surface area contributed by atoms with Crippen molar-refractivity contribution in [1.29, 1.82) is 0 Å². The molecule has 2 amide bonds. The minimum atomic E-state index is -1.29. The van der Waals surface area contributed by atoms with Crippen molar-refractivity contribution >= 4 is 18.0 Å². The maximum Gasteiger partial charge on any atom is 0.408 e. The van der Waals surface area contributed by atoms with Crippen molar-refractivity contribution in [1.82, 2.24) is 10.6 Å². The van der Waals surface area contributed by atoms with Crippen LogP contribution in [0.15, 0.2) is 48.5 Å². The summed E-state index contributed by atoms with van der Waals surface area (Å²) in [6.07, 6.45) is -1.37. The van der Waals surface area contributed by atoms with Gasteiger partial charge >= 0.3 is 12.1 Å². The number of benzene rings is 2. The Morgan fingerprint density at radius 3 is 2.32 bits per heavy atom. The van der Waals surface area contributed by atoms with Gasteiger partial charge in [-0.3, -0.25) is 9.59 Å². The molecular weight excluding hydrogens is 440 g/mol. The smallest absolute Gasteiger partial charge is 0.408 e. The van der Waals surface area contributed by atoms with E-state index in [1.165, 1.54) is 7.11 Å². The van der Waals surface area contributed by atoms with Gasteiger partial charge in [0.15, 0.2) is 0 Å². The first-order valence-electron chi connectivity index (χ1n) is 11.2. The van der Waals surface area contributed by atoms with Crippen molar-refractivity contribution in [3.05, 3.63) is 59.7 Å². The monoisotopic (exact) mass is 468 g/mol. The average Bonchev–Trinajstić information content (AvgIpc) is 3.43. The van der Waals surface area contributed by atoms with E-state index in [1.54, 1.807) is 0 Å². The normalized spacial score (nSPS) is 19.7. The van der Waals surface area contributed by atoms with Crippen molar-refractivity contribution in [2.45, 2.75) is 30.4 Å². The maximum atomic E-state index is 12.9. The molecule has 1 aliphatic carbocycles. The third-order valence-corrected chi connectivity index (χ3v) is 6.37. The van der Waals surface area contributed by atoms with Gasteiger partial charge in [0.2, 0.25) is 5.91 Å². The Morgan fingerprint density at radius 2 is 1.76 bits per heavy atom. The highest BCUT2D eigenvalue weighted by Crippen LogP contribution is 2.44. The molecule has 9 nitrogen and oxygen atoms in total. The standard InChI is InChI=1S/C25H28N2O7/c1-32-16(12-22(28)29)13-26-23(30)25(10-11-33-15-25)27-24(31)34-14-21-19-8-4-2-6-17(19)18-7-3-5-9-20(18)21/h2-9,16,21H,10-15H2,1H3,(H,26,30)(H,27,31)(H,28,29). The second-order valence-corrected chi connectivity index (χ2v) is 8.50. The molecule has 9 heteroatoms. The zero-order chi connectivity index (χ0) is 24.1. The summed E-state index contributed by atoms with van der Waals surface area (Å²) in [6.45, 7) is 0.429. The molecule has 0 bridgehead atoms. The number of carboxylic acid groups (broad SMARTS) is 1. The zero-order valence-corrected chi connectivity index (χ0v) is 18.9. The lowest BCUT2D eigenvalue weighted by Gasteiger charge is -2.28. The Morgan fingerprint density at radius 1 is 1.12 bits per heavy atom. The number of nitrogens with one attached hydrogen (secondary N) is 2. The van der Waals surface area contributed by atoms with E-state index in [-0.39, 0.29) is 38.5 Å². The largest absolute Gasteiger partial charge is 0.481 e. The van der Waals surface area contributed by atoms with Crippen LogP contribution in [0.4, 0.5) is 4.79 Å². The van der Waals surface area contributed by atoms with Gasteiger partial charge in [-0.1, -0.05) is 48.5 Å². The van der Waals surface area contributed by atoms with Gasteiger partial charge in [0.05, 0.1) is 19.1 Å². The number of amides is 2. The van der Waals surface area contributed by atoms with Crippen LogP contribution in [-0.4, -0.2) is 68.2 Å². The van der Waals surface area contributed by atoms with Crippen LogP contribution in [0.3, 0.4) is 0 Å². The van der Waals surface area contributed by atoms with Gasteiger partial charge in [0.25, 0.3) is 0 Å². The fourth-order valence-electron chi connectivity index (χ4n) is 4.54. The van der Waals surface area contributed by atoms with Crippen molar-refractivity contribution < 1.29 is 33.7 Å². The Labute approximate surface area is 197 Å².